The molecule has 0 saturated carbocycles. The molecule has 2 aromatic rings. The van der Waals surface area contributed by atoms with E-state index in [1.807, 2.05) is 13.8 Å². The van der Waals surface area contributed by atoms with Gasteiger partial charge in [-0.1, -0.05) is 11.6 Å². The number of ether oxygens (including phenoxy) is 3. The van der Waals surface area contributed by atoms with Crippen LogP contribution in [-0.4, -0.2) is 37.7 Å². The molecule has 0 aromatic heterocycles. The number of rotatable bonds is 8. The van der Waals surface area contributed by atoms with Gasteiger partial charge in [-0.05, 0) is 50.2 Å². The molecule has 0 bridgehead atoms. The number of halogens is 1. The zero-order chi connectivity index (χ0) is 21.2. The smallest absolute Gasteiger partial charge is 0.338 e. The first-order chi connectivity index (χ1) is 13.9. The summed E-state index contributed by atoms with van der Waals surface area (Å²) in [6.07, 6.45) is 0. The van der Waals surface area contributed by atoms with Crippen molar-refractivity contribution in [1.82, 2.24) is 5.32 Å². The van der Waals surface area contributed by atoms with Crippen molar-refractivity contribution < 1.29 is 28.6 Å². The van der Waals surface area contributed by atoms with E-state index in [1.54, 1.807) is 18.2 Å². The van der Waals surface area contributed by atoms with Crippen LogP contribution in [0, 0.1) is 0 Å². The third-order valence-corrected chi connectivity index (χ3v) is 3.72. The summed E-state index contributed by atoms with van der Waals surface area (Å²) in [5, 5.41) is 5.05. The maximum absolute atomic E-state index is 12.0. The van der Waals surface area contributed by atoms with E-state index < -0.39 is 24.5 Å². The number of imide groups is 1. The monoisotopic (exact) mass is 420 g/mol. The number of anilines is 1. The van der Waals surface area contributed by atoms with Crippen LogP contribution >= 0.6 is 11.6 Å². The highest BCUT2D eigenvalue weighted by Gasteiger charge is 2.14. The molecule has 0 heterocycles. The lowest BCUT2D eigenvalue weighted by atomic mass is 10.2. The van der Waals surface area contributed by atoms with E-state index in [1.165, 1.54) is 24.3 Å². The predicted molar refractivity (Wildman–Crippen MR) is 108 cm³/mol. The van der Waals surface area contributed by atoms with Crippen molar-refractivity contribution >= 4 is 35.2 Å². The fourth-order valence-corrected chi connectivity index (χ4v) is 2.38. The Morgan fingerprint density at radius 3 is 2.24 bits per heavy atom. The molecule has 0 fully saturated rings. The van der Waals surface area contributed by atoms with E-state index in [0.717, 1.165) is 0 Å². The average Bonchev–Trinajstić information content (AvgIpc) is 2.69. The number of benzene rings is 2. The van der Waals surface area contributed by atoms with Gasteiger partial charge in [0.1, 0.15) is 0 Å². The first-order valence-corrected chi connectivity index (χ1v) is 9.23. The SMILES string of the molecule is CCOc1ccc(NC(=O)NC(=O)COC(=O)c2ccc(Cl)cc2)cc1OCC. The fraction of sp³-hybridized carbons (Fsp3) is 0.250. The van der Waals surface area contributed by atoms with Crippen molar-refractivity contribution in [2.45, 2.75) is 13.8 Å². The van der Waals surface area contributed by atoms with E-state index in [-0.39, 0.29) is 5.56 Å². The summed E-state index contributed by atoms with van der Waals surface area (Å²) in [5.74, 6) is -0.466. The van der Waals surface area contributed by atoms with Gasteiger partial charge in [0, 0.05) is 16.8 Å². The van der Waals surface area contributed by atoms with Gasteiger partial charge in [0.15, 0.2) is 18.1 Å². The van der Waals surface area contributed by atoms with E-state index >= 15 is 0 Å². The molecule has 0 spiro atoms. The number of hydrogen-bond acceptors (Lipinski definition) is 6. The molecule has 3 amide bonds. The van der Waals surface area contributed by atoms with Gasteiger partial charge in [0.05, 0.1) is 18.8 Å². The minimum Gasteiger partial charge on any atom is -0.490 e. The number of urea groups is 1. The van der Waals surface area contributed by atoms with Crippen LogP contribution in [0.1, 0.15) is 24.2 Å². The Bertz CT molecular complexity index is 870. The topological polar surface area (TPSA) is 103 Å². The Labute approximate surface area is 173 Å². The second kappa shape index (κ2) is 10.9. The molecule has 0 saturated heterocycles. The molecule has 0 aliphatic rings. The van der Waals surface area contributed by atoms with E-state index in [9.17, 15) is 14.4 Å². The second-order valence-electron chi connectivity index (χ2n) is 5.61. The third kappa shape index (κ3) is 7.00. The maximum atomic E-state index is 12.0. The van der Waals surface area contributed by atoms with E-state index in [0.29, 0.717) is 35.4 Å². The van der Waals surface area contributed by atoms with Crippen molar-refractivity contribution in [3.05, 3.63) is 53.1 Å². The Hall–Kier alpha value is -3.26. The van der Waals surface area contributed by atoms with Crippen molar-refractivity contribution in [3.8, 4) is 11.5 Å². The molecule has 2 rings (SSSR count). The summed E-state index contributed by atoms with van der Waals surface area (Å²) >= 11 is 5.74. The van der Waals surface area contributed by atoms with Gasteiger partial charge in [-0.15, -0.1) is 0 Å². The zero-order valence-corrected chi connectivity index (χ0v) is 16.7. The Kier molecular flexibility index (Phi) is 8.29. The van der Waals surface area contributed by atoms with Crippen molar-refractivity contribution in [2.24, 2.45) is 0 Å². The predicted octanol–water partition coefficient (Wildman–Crippen LogP) is 3.64. The minimum absolute atomic E-state index is 0.240. The van der Waals surface area contributed by atoms with Gasteiger partial charge in [0.2, 0.25) is 0 Å². The molecular formula is C20H21ClN2O6. The van der Waals surface area contributed by atoms with Gasteiger partial charge in [-0.25, -0.2) is 9.59 Å². The normalized spacial score (nSPS) is 10.0. The Morgan fingerprint density at radius 1 is 0.931 bits per heavy atom. The van der Waals surface area contributed by atoms with Gasteiger partial charge in [0.25, 0.3) is 5.91 Å². The Morgan fingerprint density at radius 2 is 1.59 bits per heavy atom. The van der Waals surface area contributed by atoms with Crippen molar-refractivity contribution in [1.29, 1.82) is 0 Å². The average molecular weight is 421 g/mol. The van der Waals surface area contributed by atoms with Crippen molar-refractivity contribution in [3.63, 3.8) is 0 Å². The number of carbonyl (C=O) groups is 3. The molecule has 9 heteroatoms. The molecule has 0 aliphatic heterocycles. The van der Waals surface area contributed by atoms with E-state index in [4.69, 9.17) is 25.8 Å². The van der Waals surface area contributed by atoms with Crippen LogP contribution in [0.15, 0.2) is 42.5 Å². The molecule has 0 radical (unpaired) electrons. The van der Waals surface area contributed by atoms with E-state index in [2.05, 4.69) is 10.6 Å². The molecular weight excluding hydrogens is 400 g/mol. The molecule has 8 nitrogen and oxygen atoms in total. The summed E-state index contributed by atoms with van der Waals surface area (Å²) < 4.78 is 15.8. The Balaban J connectivity index is 1.86. The van der Waals surface area contributed by atoms with Crippen LogP contribution in [0.3, 0.4) is 0 Å². The second-order valence-corrected chi connectivity index (χ2v) is 6.05. The highest BCUT2D eigenvalue weighted by molar-refractivity contribution is 6.30. The summed E-state index contributed by atoms with van der Waals surface area (Å²) in [6, 6.07) is 10.1. The molecule has 0 aliphatic carbocycles. The first kappa shape index (κ1) is 22.0. The van der Waals surface area contributed by atoms with Crippen molar-refractivity contribution in [2.75, 3.05) is 25.1 Å². The fourth-order valence-electron chi connectivity index (χ4n) is 2.25. The molecule has 29 heavy (non-hydrogen) atoms. The summed E-state index contributed by atoms with van der Waals surface area (Å²) in [5.41, 5.74) is 0.643. The quantitative estimate of drug-likeness (QED) is 0.632. The molecule has 0 unspecified atom stereocenters. The number of carbonyl (C=O) groups excluding carboxylic acids is 3. The van der Waals surface area contributed by atoms with Crippen LogP contribution in [0.4, 0.5) is 10.5 Å². The summed E-state index contributed by atoms with van der Waals surface area (Å²) in [6.45, 7) is 3.96. The maximum Gasteiger partial charge on any atom is 0.338 e. The molecule has 2 aromatic carbocycles. The van der Waals surface area contributed by atoms with Crippen LogP contribution in [0.25, 0.3) is 0 Å². The van der Waals surface area contributed by atoms with Crippen LogP contribution < -0.4 is 20.1 Å². The minimum atomic E-state index is -0.777. The highest BCUT2D eigenvalue weighted by atomic mass is 35.5. The van der Waals surface area contributed by atoms with Gasteiger partial charge in [-0.2, -0.15) is 0 Å². The largest absolute Gasteiger partial charge is 0.490 e. The summed E-state index contributed by atoms with van der Waals surface area (Å²) in [4.78, 5) is 35.7. The lowest BCUT2D eigenvalue weighted by molar-refractivity contribution is -0.123. The molecule has 2 N–H and O–H groups in total. The van der Waals surface area contributed by atoms with Crippen LogP contribution in [-0.2, 0) is 9.53 Å². The lowest BCUT2D eigenvalue weighted by Gasteiger charge is -2.13. The van der Waals surface area contributed by atoms with Gasteiger partial charge < -0.3 is 19.5 Å². The van der Waals surface area contributed by atoms with Gasteiger partial charge in [-0.3, -0.25) is 10.1 Å². The van der Waals surface area contributed by atoms with Gasteiger partial charge >= 0.3 is 12.0 Å². The number of esters is 1. The standard InChI is InChI=1S/C20H21ClN2O6/c1-3-27-16-10-9-15(11-17(16)28-4-2)22-20(26)23-18(24)12-29-19(25)13-5-7-14(21)8-6-13/h5-11H,3-4,12H2,1-2H3,(H2,22,23,24,26). The molecule has 154 valence electrons. The zero-order valence-electron chi connectivity index (χ0n) is 16.0. The number of nitrogens with one attached hydrogen (secondary N) is 2. The molecule has 0 atom stereocenters. The highest BCUT2D eigenvalue weighted by Crippen LogP contribution is 2.30. The number of amides is 3. The van der Waals surface area contributed by atoms with Crippen LogP contribution in [0.5, 0.6) is 11.5 Å². The lowest BCUT2D eigenvalue weighted by Crippen LogP contribution is -2.37. The van der Waals surface area contributed by atoms with Crippen LogP contribution in [0.2, 0.25) is 5.02 Å². The number of hydrogen-bond donors (Lipinski definition) is 2. The third-order valence-electron chi connectivity index (χ3n) is 3.47. The summed E-state index contributed by atoms with van der Waals surface area (Å²) in [7, 11) is 0. The first-order valence-electron chi connectivity index (χ1n) is 8.86.